The number of nitrogens with zero attached hydrogens (tertiary/aromatic N) is 3. The fraction of sp³-hybridized carbons (Fsp3) is 0.400. The van der Waals surface area contributed by atoms with Crippen LogP contribution in [-0.4, -0.2) is 23.9 Å². The third kappa shape index (κ3) is 2.98. The lowest BCUT2D eigenvalue weighted by Gasteiger charge is -2.20. The summed E-state index contributed by atoms with van der Waals surface area (Å²) in [6.45, 7) is 2.92. The third-order valence-corrected chi connectivity index (χ3v) is 4.32. The van der Waals surface area contributed by atoms with E-state index < -0.39 is 0 Å². The zero-order valence-electron chi connectivity index (χ0n) is 12.4. The van der Waals surface area contributed by atoms with Gasteiger partial charge in [-0.25, -0.2) is 0 Å². The van der Waals surface area contributed by atoms with Crippen LogP contribution < -0.4 is 9.64 Å². The molecule has 0 radical (unpaired) electrons. The molecule has 1 heterocycles. The van der Waals surface area contributed by atoms with Crippen molar-refractivity contribution in [1.29, 1.82) is 0 Å². The predicted molar refractivity (Wildman–Crippen MR) is 85.4 cm³/mol. The maximum Gasteiger partial charge on any atom is 0.119 e. The first kappa shape index (κ1) is 14.9. The van der Waals surface area contributed by atoms with Gasteiger partial charge in [0.05, 0.1) is 29.5 Å². The molecule has 1 aromatic carbocycles. The van der Waals surface area contributed by atoms with Crippen LogP contribution in [0.15, 0.2) is 28.7 Å². The summed E-state index contributed by atoms with van der Waals surface area (Å²) in [4.78, 5) is 2.20. The van der Waals surface area contributed by atoms with Gasteiger partial charge in [-0.2, -0.15) is 5.10 Å². The number of anilines is 1. The minimum absolute atomic E-state index is 0.802. The first-order chi connectivity index (χ1) is 9.56. The lowest BCUT2D eigenvalue weighted by molar-refractivity contribution is 0.415. The van der Waals surface area contributed by atoms with Crippen molar-refractivity contribution in [3.8, 4) is 5.75 Å². The highest BCUT2D eigenvalue weighted by Crippen LogP contribution is 2.25. The van der Waals surface area contributed by atoms with E-state index >= 15 is 0 Å². The second kappa shape index (κ2) is 6.31. The first-order valence-electron chi connectivity index (χ1n) is 6.62. The van der Waals surface area contributed by atoms with E-state index in [2.05, 4.69) is 52.0 Å². The van der Waals surface area contributed by atoms with Gasteiger partial charge in [0.25, 0.3) is 0 Å². The number of benzene rings is 1. The summed E-state index contributed by atoms with van der Waals surface area (Å²) < 4.78 is 8.24. The molecule has 0 atom stereocenters. The smallest absolute Gasteiger partial charge is 0.119 e. The molecule has 2 aromatic rings. The van der Waals surface area contributed by atoms with Crippen molar-refractivity contribution in [2.45, 2.75) is 19.9 Å². The van der Waals surface area contributed by atoms with E-state index in [0.29, 0.717) is 0 Å². The molecule has 1 aromatic heterocycles. The monoisotopic (exact) mass is 337 g/mol. The molecule has 0 bridgehead atoms. The normalized spacial score (nSPS) is 10.7. The van der Waals surface area contributed by atoms with E-state index in [9.17, 15) is 0 Å². The molecular weight excluding hydrogens is 318 g/mol. The van der Waals surface area contributed by atoms with Crippen molar-refractivity contribution in [3.05, 3.63) is 40.1 Å². The van der Waals surface area contributed by atoms with E-state index in [0.717, 1.165) is 34.6 Å². The summed E-state index contributed by atoms with van der Waals surface area (Å²) in [6, 6.07) is 8.07. The Kier molecular flexibility index (Phi) is 4.70. The molecule has 2 rings (SSSR count). The van der Waals surface area contributed by atoms with Crippen LogP contribution in [0, 0.1) is 0 Å². The minimum Gasteiger partial charge on any atom is -0.497 e. The summed E-state index contributed by atoms with van der Waals surface area (Å²) in [7, 11) is 5.74. The molecule has 0 aliphatic heterocycles. The Bertz CT molecular complexity index is 578. The summed E-state index contributed by atoms with van der Waals surface area (Å²) in [5.74, 6) is 0.872. The molecule has 5 heteroatoms. The quantitative estimate of drug-likeness (QED) is 0.837. The van der Waals surface area contributed by atoms with Gasteiger partial charge in [0.15, 0.2) is 0 Å². The molecule has 0 unspecified atom stereocenters. The van der Waals surface area contributed by atoms with E-state index in [-0.39, 0.29) is 0 Å². The molecule has 0 saturated heterocycles. The van der Waals surface area contributed by atoms with E-state index in [1.807, 2.05) is 23.9 Å². The van der Waals surface area contributed by atoms with E-state index in [1.54, 1.807) is 7.11 Å². The maximum atomic E-state index is 5.18. The van der Waals surface area contributed by atoms with Crippen LogP contribution in [0.1, 0.15) is 18.3 Å². The Labute approximate surface area is 128 Å². The van der Waals surface area contributed by atoms with Crippen molar-refractivity contribution in [1.82, 2.24) is 9.78 Å². The van der Waals surface area contributed by atoms with Gasteiger partial charge in [0.1, 0.15) is 5.75 Å². The average molecular weight is 338 g/mol. The molecular formula is C15H20BrN3O. The van der Waals surface area contributed by atoms with Crippen LogP contribution in [0.4, 0.5) is 5.69 Å². The second-order valence-corrected chi connectivity index (χ2v) is 5.53. The zero-order valence-corrected chi connectivity index (χ0v) is 13.9. The highest BCUT2D eigenvalue weighted by Gasteiger charge is 2.14. The standard InChI is InChI=1S/C15H20BrN3O/c1-5-13-15(16)14(19(3)17-13)10-18(2)11-6-8-12(20-4)9-7-11/h6-9H,5,10H2,1-4H3. The number of hydrogen-bond acceptors (Lipinski definition) is 3. The molecule has 20 heavy (non-hydrogen) atoms. The number of hydrogen-bond donors (Lipinski definition) is 0. The predicted octanol–water partition coefficient (Wildman–Crippen LogP) is 3.39. The van der Waals surface area contributed by atoms with Crippen LogP contribution in [-0.2, 0) is 20.0 Å². The fourth-order valence-electron chi connectivity index (χ4n) is 2.14. The van der Waals surface area contributed by atoms with Gasteiger partial charge in [-0.3, -0.25) is 4.68 Å². The van der Waals surface area contributed by atoms with Gasteiger partial charge < -0.3 is 9.64 Å². The number of aryl methyl sites for hydroxylation is 2. The summed E-state index contributed by atoms with van der Waals surface area (Å²) >= 11 is 3.66. The molecule has 0 fully saturated rings. The highest BCUT2D eigenvalue weighted by atomic mass is 79.9. The zero-order chi connectivity index (χ0) is 14.7. The second-order valence-electron chi connectivity index (χ2n) is 4.74. The van der Waals surface area contributed by atoms with Gasteiger partial charge in [0.2, 0.25) is 0 Å². The Morgan fingerprint density at radius 3 is 2.45 bits per heavy atom. The average Bonchev–Trinajstić information content (AvgIpc) is 2.74. The van der Waals surface area contributed by atoms with Crippen molar-refractivity contribution in [2.24, 2.45) is 7.05 Å². The molecule has 0 aliphatic rings. The Hall–Kier alpha value is -1.49. The highest BCUT2D eigenvalue weighted by molar-refractivity contribution is 9.10. The Morgan fingerprint density at radius 1 is 1.30 bits per heavy atom. The van der Waals surface area contributed by atoms with Crippen LogP contribution in [0.2, 0.25) is 0 Å². The number of aromatic nitrogens is 2. The van der Waals surface area contributed by atoms with E-state index in [1.165, 1.54) is 5.69 Å². The summed E-state index contributed by atoms with van der Waals surface area (Å²) in [5.41, 5.74) is 3.43. The molecule has 0 spiro atoms. The maximum absolute atomic E-state index is 5.18. The molecule has 0 aliphatic carbocycles. The molecule has 0 amide bonds. The number of rotatable bonds is 5. The first-order valence-corrected chi connectivity index (χ1v) is 7.41. The summed E-state index contributed by atoms with van der Waals surface area (Å²) in [5, 5.41) is 4.53. The topological polar surface area (TPSA) is 30.3 Å². The SMILES string of the molecule is CCc1nn(C)c(CN(C)c2ccc(OC)cc2)c1Br. The van der Waals surface area contributed by atoms with Crippen LogP contribution in [0.25, 0.3) is 0 Å². The van der Waals surface area contributed by atoms with Crippen molar-refractivity contribution in [3.63, 3.8) is 0 Å². The lowest BCUT2D eigenvalue weighted by Crippen LogP contribution is -2.18. The minimum atomic E-state index is 0.802. The van der Waals surface area contributed by atoms with Gasteiger partial charge in [-0.1, -0.05) is 6.92 Å². The largest absolute Gasteiger partial charge is 0.497 e. The van der Waals surface area contributed by atoms with Crippen molar-refractivity contribution in [2.75, 3.05) is 19.1 Å². The number of ether oxygens (including phenoxy) is 1. The number of halogens is 1. The van der Waals surface area contributed by atoms with Crippen LogP contribution in [0.3, 0.4) is 0 Å². The van der Waals surface area contributed by atoms with Gasteiger partial charge in [0, 0.05) is 19.8 Å². The summed E-state index contributed by atoms with van der Waals surface area (Å²) in [6.07, 6.45) is 0.931. The number of methoxy groups -OCH3 is 1. The fourth-order valence-corrected chi connectivity index (χ4v) is 2.89. The molecule has 0 saturated carbocycles. The van der Waals surface area contributed by atoms with Crippen molar-refractivity contribution < 1.29 is 4.74 Å². The molecule has 4 nitrogen and oxygen atoms in total. The van der Waals surface area contributed by atoms with Gasteiger partial charge >= 0.3 is 0 Å². The van der Waals surface area contributed by atoms with Crippen molar-refractivity contribution >= 4 is 21.6 Å². The lowest BCUT2D eigenvalue weighted by atomic mass is 10.2. The molecule has 0 N–H and O–H groups in total. The van der Waals surface area contributed by atoms with E-state index in [4.69, 9.17) is 4.74 Å². The Morgan fingerprint density at radius 2 is 1.95 bits per heavy atom. The van der Waals surface area contributed by atoms with Crippen LogP contribution >= 0.6 is 15.9 Å². The molecule has 108 valence electrons. The van der Waals surface area contributed by atoms with Gasteiger partial charge in [-0.05, 0) is 46.6 Å². The third-order valence-electron chi connectivity index (χ3n) is 3.40. The van der Waals surface area contributed by atoms with Crippen LogP contribution in [0.5, 0.6) is 5.75 Å². The van der Waals surface area contributed by atoms with Gasteiger partial charge in [-0.15, -0.1) is 0 Å². The Balaban J connectivity index is 2.18.